The molecule has 3 aromatic rings. The average molecular weight is 407 g/mol. The number of nitrogens with one attached hydrogen (secondary N) is 2. The SMILES string of the molecule is CCOc1ccc2ccccc2c1C=NNC(=O)CCNC(=O)c1ccccc1F. The third-order valence-corrected chi connectivity index (χ3v) is 4.37. The van der Waals surface area contributed by atoms with E-state index in [-0.39, 0.29) is 24.4 Å². The van der Waals surface area contributed by atoms with Crippen molar-refractivity contribution in [3.8, 4) is 5.75 Å². The molecule has 3 rings (SSSR count). The summed E-state index contributed by atoms with van der Waals surface area (Å²) in [5.41, 5.74) is 3.15. The Balaban J connectivity index is 1.58. The van der Waals surface area contributed by atoms with Crippen molar-refractivity contribution in [2.24, 2.45) is 5.10 Å². The molecule has 154 valence electrons. The van der Waals surface area contributed by atoms with Gasteiger partial charge < -0.3 is 10.1 Å². The number of hydrogen-bond donors (Lipinski definition) is 2. The van der Waals surface area contributed by atoms with E-state index in [1.165, 1.54) is 18.2 Å². The van der Waals surface area contributed by atoms with Gasteiger partial charge in [-0.3, -0.25) is 9.59 Å². The summed E-state index contributed by atoms with van der Waals surface area (Å²) < 4.78 is 19.2. The van der Waals surface area contributed by atoms with Crippen LogP contribution in [-0.4, -0.2) is 31.2 Å². The normalized spacial score (nSPS) is 10.9. The Morgan fingerprint density at radius 1 is 1.07 bits per heavy atom. The first-order valence-electron chi connectivity index (χ1n) is 9.59. The first kappa shape index (κ1) is 21.0. The van der Waals surface area contributed by atoms with Crippen LogP contribution in [0.4, 0.5) is 4.39 Å². The number of hydrogen-bond acceptors (Lipinski definition) is 4. The summed E-state index contributed by atoms with van der Waals surface area (Å²) in [5, 5.41) is 8.53. The molecule has 0 heterocycles. The Hall–Kier alpha value is -3.74. The maximum Gasteiger partial charge on any atom is 0.254 e. The molecule has 0 bridgehead atoms. The number of carbonyl (C=O) groups is 2. The van der Waals surface area contributed by atoms with E-state index in [9.17, 15) is 14.0 Å². The summed E-state index contributed by atoms with van der Waals surface area (Å²) in [5.74, 6) is -0.879. The summed E-state index contributed by atoms with van der Waals surface area (Å²) in [6.45, 7) is 2.47. The van der Waals surface area contributed by atoms with Crippen LogP contribution in [0.1, 0.15) is 29.3 Å². The minimum atomic E-state index is -0.607. The molecule has 30 heavy (non-hydrogen) atoms. The number of carbonyl (C=O) groups excluding carboxylic acids is 2. The predicted octanol–water partition coefficient (Wildman–Crippen LogP) is 3.65. The molecule has 0 spiro atoms. The molecule has 0 aromatic heterocycles. The molecule has 0 saturated carbocycles. The largest absolute Gasteiger partial charge is 0.493 e. The van der Waals surface area contributed by atoms with Crippen molar-refractivity contribution in [1.82, 2.24) is 10.7 Å². The van der Waals surface area contributed by atoms with E-state index in [4.69, 9.17) is 4.74 Å². The first-order valence-corrected chi connectivity index (χ1v) is 9.59. The summed E-state index contributed by atoms with van der Waals surface area (Å²) in [7, 11) is 0. The number of halogens is 1. The van der Waals surface area contributed by atoms with Crippen LogP contribution >= 0.6 is 0 Å². The molecule has 6 nitrogen and oxygen atoms in total. The van der Waals surface area contributed by atoms with E-state index in [1.54, 1.807) is 12.3 Å². The van der Waals surface area contributed by atoms with Gasteiger partial charge in [0.15, 0.2) is 0 Å². The lowest BCUT2D eigenvalue weighted by Crippen LogP contribution is -2.29. The van der Waals surface area contributed by atoms with Gasteiger partial charge in [-0.15, -0.1) is 0 Å². The Kier molecular flexibility index (Phi) is 7.10. The fourth-order valence-corrected chi connectivity index (χ4v) is 2.94. The van der Waals surface area contributed by atoms with Crippen LogP contribution < -0.4 is 15.5 Å². The van der Waals surface area contributed by atoms with Gasteiger partial charge in [0.05, 0.1) is 18.4 Å². The molecule has 2 N–H and O–H groups in total. The van der Waals surface area contributed by atoms with Crippen LogP contribution in [0.3, 0.4) is 0 Å². The van der Waals surface area contributed by atoms with Crippen molar-refractivity contribution in [3.05, 3.63) is 77.6 Å². The van der Waals surface area contributed by atoms with Crippen LogP contribution in [0.5, 0.6) is 5.75 Å². The fourth-order valence-electron chi connectivity index (χ4n) is 2.94. The number of hydrazone groups is 1. The van der Waals surface area contributed by atoms with E-state index in [1.807, 2.05) is 43.3 Å². The molecule has 0 radical (unpaired) electrons. The lowest BCUT2D eigenvalue weighted by Gasteiger charge is -2.10. The van der Waals surface area contributed by atoms with E-state index >= 15 is 0 Å². The quantitative estimate of drug-likeness (QED) is 0.442. The summed E-state index contributed by atoms with van der Waals surface area (Å²) >= 11 is 0. The molecule has 0 saturated heterocycles. The minimum Gasteiger partial charge on any atom is -0.493 e. The van der Waals surface area contributed by atoms with Gasteiger partial charge in [-0.2, -0.15) is 5.10 Å². The lowest BCUT2D eigenvalue weighted by molar-refractivity contribution is -0.120. The number of benzene rings is 3. The Morgan fingerprint density at radius 2 is 1.83 bits per heavy atom. The number of ether oxygens (including phenoxy) is 1. The molecule has 2 amide bonds. The zero-order valence-corrected chi connectivity index (χ0v) is 16.5. The molecule has 3 aromatic carbocycles. The molecule has 0 atom stereocenters. The van der Waals surface area contributed by atoms with Crippen LogP contribution in [0.2, 0.25) is 0 Å². The molecule has 0 fully saturated rings. The van der Waals surface area contributed by atoms with E-state index in [0.29, 0.717) is 12.4 Å². The average Bonchev–Trinajstić information content (AvgIpc) is 2.75. The van der Waals surface area contributed by atoms with Crippen LogP contribution in [0.15, 0.2) is 65.8 Å². The molecule has 0 unspecified atom stereocenters. The second-order valence-corrected chi connectivity index (χ2v) is 6.41. The maximum absolute atomic E-state index is 13.6. The van der Waals surface area contributed by atoms with Gasteiger partial charge in [0.1, 0.15) is 11.6 Å². The fraction of sp³-hybridized carbons (Fsp3) is 0.174. The zero-order valence-electron chi connectivity index (χ0n) is 16.5. The Morgan fingerprint density at radius 3 is 2.63 bits per heavy atom. The molecule has 0 aliphatic heterocycles. The molecule has 0 aliphatic rings. The van der Waals surface area contributed by atoms with Gasteiger partial charge in [-0.05, 0) is 35.9 Å². The third-order valence-electron chi connectivity index (χ3n) is 4.37. The highest BCUT2D eigenvalue weighted by molar-refractivity contribution is 6.02. The number of amides is 2. The third kappa shape index (κ3) is 5.20. The van der Waals surface area contributed by atoms with E-state index in [2.05, 4.69) is 15.8 Å². The van der Waals surface area contributed by atoms with Gasteiger partial charge in [-0.1, -0.05) is 42.5 Å². The summed E-state index contributed by atoms with van der Waals surface area (Å²) in [4.78, 5) is 24.0. The van der Waals surface area contributed by atoms with Crippen molar-refractivity contribution in [2.45, 2.75) is 13.3 Å². The molecule has 7 heteroatoms. The highest BCUT2D eigenvalue weighted by Crippen LogP contribution is 2.26. The zero-order chi connectivity index (χ0) is 21.3. The van der Waals surface area contributed by atoms with Crippen LogP contribution in [-0.2, 0) is 4.79 Å². The predicted molar refractivity (Wildman–Crippen MR) is 114 cm³/mol. The number of nitrogens with zero attached hydrogens (tertiary/aromatic N) is 1. The summed E-state index contributed by atoms with van der Waals surface area (Å²) in [6, 6.07) is 17.3. The van der Waals surface area contributed by atoms with Crippen molar-refractivity contribution >= 4 is 28.8 Å². The van der Waals surface area contributed by atoms with Crippen molar-refractivity contribution < 1.29 is 18.7 Å². The van der Waals surface area contributed by atoms with Crippen LogP contribution in [0, 0.1) is 5.82 Å². The monoisotopic (exact) mass is 407 g/mol. The van der Waals surface area contributed by atoms with E-state index < -0.39 is 11.7 Å². The Labute approximate surface area is 173 Å². The Bertz CT molecular complexity index is 1080. The molecular formula is C23H22FN3O3. The topological polar surface area (TPSA) is 79.8 Å². The second kappa shape index (κ2) is 10.2. The first-order chi connectivity index (χ1) is 14.6. The van der Waals surface area contributed by atoms with Crippen molar-refractivity contribution in [3.63, 3.8) is 0 Å². The highest BCUT2D eigenvalue weighted by atomic mass is 19.1. The van der Waals surface area contributed by atoms with Gasteiger partial charge in [0.2, 0.25) is 5.91 Å². The van der Waals surface area contributed by atoms with Gasteiger partial charge in [0.25, 0.3) is 5.91 Å². The second-order valence-electron chi connectivity index (χ2n) is 6.41. The number of fused-ring (bicyclic) bond motifs is 1. The smallest absolute Gasteiger partial charge is 0.254 e. The van der Waals surface area contributed by atoms with Gasteiger partial charge in [-0.25, -0.2) is 9.82 Å². The van der Waals surface area contributed by atoms with Gasteiger partial charge >= 0.3 is 0 Å². The molecule has 0 aliphatic carbocycles. The van der Waals surface area contributed by atoms with Crippen molar-refractivity contribution in [1.29, 1.82) is 0 Å². The highest BCUT2D eigenvalue weighted by Gasteiger charge is 2.11. The van der Waals surface area contributed by atoms with E-state index in [0.717, 1.165) is 16.3 Å². The minimum absolute atomic E-state index is 0.00534. The molecular weight excluding hydrogens is 385 g/mol. The van der Waals surface area contributed by atoms with Gasteiger partial charge in [0, 0.05) is 18.5 Å². The van der Waals surface area contributed by atoms with Crippen molar-refractivity contribution in [2.75, 3.05) is 13.2 Å². The van der Waals surface area contributed by atoms with Crippen LogP contribution in [0.25, 0.3) is 10.8 Å². The standard InChI is InChI=1S/C23H22FN3O3/c1-2-30-21-12-11-16-7-3-4-8-17(16)19(21)15-26-27-22(28)13-14-25-23(29)18-9-5-6-10-20(18)24/h3-12,15H,2,13-14H2,1H3,(H,25,29)(H,27,28). The maximum atomic E-state index is 13.6. The lowest BCUT2D eigenvalue weighted by atomic mass is 10.0. The summed E-state index contributed by atoms with van der Waals surface area (Å²) in [6.07, 6.45) is 1.55. The number of rotatable bonds is 8.